The second-order valence-electron chi connectivity index (χ2n) is 4.67. The van der Waals surface area contributed by atoms with Crippen LogP contribution in [0.1, 0.15) is 12.5 Å². The molecule has 1 amide bonds. The lowest BCUT2D eigenvalue weighted by atomic mass is 10.2. The summed E-state index contributed by atoms with van der Waals surface area (Å²) in [4.78, 5) is 11.9. The Morgan fingerprint density at radius 3 is 2.57 bits per heavy atom. The van der Waals surface area contributed by atoms with Gasteiger partial charge in [-0.25, -0.2) is 0 Å². The molecule has 0 saturated heterocycles. The Kier molecular flexibility index (Phi) is 6.23. The van der Waals surface area contributed by atoms with Crippen LogP contribution in [0.2, 0.25) is 0 Å². The molecule has 4 nitrogen and oxygen atoms in total. The maximum absolute atomic E-state index is 11.9. The highest BCUT2D eigenvalue weighted by Crippen LogP contribution is 2.28. The van der Waals surface area contributed by atoms with E-state index in [1.165, 1.54) is 6.08 Å². The van der Waals surface area contributed by atoms with Gasteiger partial charge in [0.15, 0.2) is 11.5 Å². The first-order valence-corrected chi connectivity index (χ1v) is 7.97. The number of benzene rings is 2. The van der Waals surface area contributed by atoms with Gasteiger partial charge in [-0.05, 0) is 55.0 Å². The van der Waals surface area contributed by atoms with Gasteiger partial charge in [-0.3, -0.25) is 4.79 Å². The molecule has 0 aromatic heterocycles. The number of nitrogens with one attached hydrogen (secondary N) is 1. The number of rotatable bonds is 6. The Balaban J connectivity index is 2.04. The minimum atomic E-state index is -0.194. The van der Waals surface area contributed by atoms with Crippen molar-refractivity contribution in [2.75, 3.05) is 19.0 Å². The minimum absolute atomic E-state index is 0.194. The average molecular weight is 376 g/mol. The summed E-state index contributed by atoms with van der Waals surface area (Å²) in [5.41, 5.74) is 1.60. The number of hydrogen-bond acceptors (Lipinski definition) is 3. The molecule has 0 atom stereocenters. The predicted molar refractivity (Wildman–Crippen MR) is 96.0 cm³/mol. The molecule has 0 aliphatic heterocycles. The van der Waals surface area contributed by atoms with Crippen LogP contribution in [0.3, 0.4) is 0 Å². The van der Waals surface area contributed by atoms with E-state index in [9.17, 15) is 4.79 Å². The van der Waals surface area contributed by atoms with Gasteiger partial charge in [0.25, 0.3) is 0 Å². The molecule has 0 aliphatic rings. The Morgan fingerprint density at radius 1 is 1.17 bits per heavy atom. The van der Waals surface area contributed by atoms with Crippen molar-refractivity contribution in [3.05, 3.63) is 58.6 Å². The highest BCUT2D eigenvalue weighted by molar-refractivity contribution is 9.10. The van der Waals surface area contributed by atoms with E-state index in [-0.39, 0.29) is 5.91 Å². The summed E-state index contributed by atoms with van der Waals surface area (Å²) in [6, 6.07) is 12.9. The molecule has 0 unspecified atom stereocenters. The minimum Gasteiger partial charge on any atom is -0.493 e. The first-order valence-electron chi connectivity index (χ1n) is 7.18. The maximum Gasteiger partial charge on any atom is 0.248 e. The molecule has 0 saturated carbocycles. The summed E-state index contributed by atoms with van der Waals surface area (Å²) in [5, 5.41) is 2.80. The smallest absolute Gasteiger partial charge is 0.248 e. The van der Waals surface area contributed by atoms with E-state index >= 15 is 0 Å². The Bertz CT molecular complexity index is 696. The number of amides is 1. The number of carbonyl (C=O) groups is 1. The number of methoxy groups -OCH3 is 1. The molecule has 0 heterocycles. The molecule has 0 aliphatic carbocycles. The van der Waals surface area contributed by atoms with Gasteiger partial charge in [0.1, 0.15) is 0 Å². The predicted octanol–water partition coefficient (Wildman–Crippen LogP) is 4.51. The fraction of sp³-hybridized carbons (Fsp3) is 0.167. The zero-order valence-corrected chi connectivity index (χ0v) is 14.6. The molecule has 1 N–H and O–H groups in total. The van der Waals surface area contributed by atoms with Gasteiger partial charge >= 0.3 is 0 Å². The summed E-state index contributed by atoms with van der Waals surface area (Å²) in [7, 11) is 1.59. The van der Waals surface area contributed by atoms with Crippen molar-refractivity contribution in [2.24, 2.45) is 0 Å². The molecule has 23 heavy (non-hydrogen) atoms. The average Bonchev–Trinajstić information content (AvgIpc) is 2.56. The lowest BCUT2D eigenvalue weighted by molar-refractivity contribution is -0.111. The lowest BCUT2D eigenvalue weighted by Gasteiger charge is -2.09. The molecule has 0 fully saturated rings. The fourth-order valence-corrected chi connectivity index (χ4v) is 2.22. The Morgan fingerprint density at radius 2 is 1.91 bits per heavy atom. The molecule has 0 spiro atoms. The van der Waals surface area contributed by atoms with Crippen LogP contribution in [0.15, 0.2) is 53.0 Å². The van der Waals surface area contributed by atoms with E-state index in [0.29, 0.717) is 18.1 Å². The van der Waals surface area contributed by atoms with Crippen molar-refractivity contribution in [3.63, 3.8) is 0 Å². The summed E-state index contributed by atoms with van der Waals surface area (Å²) >= 11 is 3.35. The zero-order chi connectivity index (χ0) is 16.7. The molecule has 120 valence electrons. The van der Waals surface area contributed by atoms with Gasteiger partial charge < -0.3 is 14.8 Å². The van der Waals surface area contributed by atoms with Crippen LogP contribution in [-0.2, 0) is 4.79 Å². The van der Waals surface area contributed by atoms with E-state index in [0.717, 1.165) is 15.7 Å². The fourth-order valence-electron chi connectivity index (χ4n) is 1.95. The standard InChI is InChI=1S/C18H18BrNO3/c1-3-23-16-10-4-13(12-17(16)22-2)5-11-18(21)20-15-8-6-14(19)7-9-15/h4-12H,3H2,1-2H3,(H,20,21). The largest absolute Gasteiger partial charge is 0.493 e. The zero-order valence-electron chi connectivity index (χ0n) is 13.0. The molecule has 2 aromatic rings. The number of carbonyl (C=O) groups excluding carboxylic acids is 1. The van der Waals surface area contributed by atoms with Crippen molar-refractivity contribution < 1.29 is 14.3 Å². The Labute approximate surface area is 144 Å². The van der Waals surface area contributed by atoms with Crippen LogP contribution in [-0.4, -0.2) is 19.6 Å². The number of ether oxygens (including phenoxy) is 2. The quantitative estimate of drug-likeness (QED) is 0.755. The van der Waals surface area contributed by atoms with Gasteiger partial charge in [0.2, 0.25) is 5.91 Å². The summed E-state index contributed by atoms with van der Waals surface area (Å²) in [6.07, 6.45) is 3.21. The third-order valence-corrected chi connectivity index (χ3v) is 3.56. The topological polar surface area (TPSA) is 47.6 Å². The van der Waals surface area contributed by atoms with E-state index in [4.69, 9.17) is 9.47 Å². The Hall–Kier alpha value is -2.27. The molecule has 5 heteroatoms. The SMILES string of the molecule is CCOc1ccc(C=CC(=O)Nc2ccc(Br)cc2)cc1OC. The normalized spacial score (nSPS) is 10.6. The molecule has 0 radical (unpaired) electrons. The molecule has 2 aromatic carbocycles. The van der Waals surface area contributed by atoms with Crippen LogP contribution in [0.5, 0.6) is 11.5 Å². The summed E-state index contributed by atoms with van der Waals surface area (Å²) in [6.45, 7) is 2.49. The van der Waals surface area contributed by atoms with Crippen molar-refractivity contribution in [2.45, 2.75) is 6.92 Å². The van der Waals surface area contributed by atoms with Crippen molar-refractivity contribution in [1.82, 2.24) is 0 Å². The van der Waals surface area contributed by atoms with E-state index in [2.05, 4.69) is 21.2 Å². The van der Waals surface area contributed by atoms with Gasteiger partial charge in [-0.2, -0.15) is 0 Å². The first kappa shape index (κ1) is 17.1. The number of anilines is 1. The summed E-state index contributed by atoms with van der Waals surface area (Å²) in [5.74, 6) is 1.13. The molecule has 0 bridgehead atoms. The summed E-state index contributed by atoms with van der Waals surface area (Å²) < 4.78 is 11.7. The van der Waals surface area contributed by atoms with Gasteiger partial charge in [0, 0.05) is 16.2 Å². The van der Waals surface area contributed by atoms with Crippen LogP contribution < -0.4 is 14.8 Å². The van der Waals surface area contributed by atoms with E-state index < -0.39 is 0 Å². The highest BCUT2D eigenvalue weighted by atomic mass is 79.9. The number of hydrogen-bond donors (Lipinski definition) is 1. The molecule has 2 rings (SSSR count). The first-order chi connectivity index (χ1) is 11.1. The second kappa shape index (κ2) is 8.39. The monoisotopic (exact) mass is 375 g/mol. The van der Waals surface area contributed by atoms with Crippen LogP contribution in [0.4, 0.5) is 5.69 Å². The van der Waals surface area contributed by atoms with Gasteiger partial charge in [-0.15, -0.1) is 0 Å². The second-order valence-corrected chi connectivity index (χ2v) is 5.59. The van der Waals surface area contributed by atoms with E-state index in [1.54, 1.807) is 13.2 Å². The molecular weight excluding hydrogens is 358 g/mol. The highest BCUT2D eigenvalue weighted by Gasteiger charge is 2.04. The van der Waals surface area contributed by atoms with Gasteiger partial charge in [-0.1, -0.05) is 22.0 Å². The lowest BCUT2D eigenvalue weighted by Crippen LogP contribution is -2.07. The molecular formula is C18H18BrNO3. The number of halogens is 1. The van der Waals surface area contributed by atoms with Crippen molar-refractivity contribution in [3.8, 4) is 11.5 Å². The van der Waals surface area contributed by atoms with Crippen LogP contribution in [0.25, 0.3) is 6.08 Å². The van der Waals surface area contributed by atoms with E-state index in [1.807, 2.05) is 49.4 Å². The maximum atomic E-state index is 11.9. The van der Waals surface area contributed by atoms with Crippen LogP contribution in [0, 0.1) is 0 Å². The van der Waals surface area contributed by atoms with Crippen LogP contribution >= 0.6 is 15.9 Å². The third-order valence-electron chi connectivity index (χ3n) is 3.03. The van der Waals surface area contributed by atoms with Crippen molar-refractivity contribution in [1.29, 1.82) is 0 Å². The third kappa shape index (κ3) is 5.14. The van der Waals surface area contributed by atoms with Gasteiger partial charge in [0.05, 0.1) is 13.7 Å². The van der Waals surface area contributed by atoms with Crippen molar-refractivity contribution >= 4 is 33.6 Å².